The summed E-state index contributed by atoms with van der Waals surface area (Å²) in [6, 6.07) is 0. The zero-order valence-electron chi connectivity index (χ0n) is 14.9. The average molecular weight is 332 g/mol. The van der Waals surface area contributed by atoms with Gasteiger partial charge in [-0.1, -0.05) is 19.3 Å². The largest absolute Gasteiger partial charge is 0.342 e. The van der Waals surface area contributed by atoms with E-state index in [1.165, 1.54) is 32.1 Å². The van der Waals surface area contributed by atoms with Crippen LogP contribution in [-0.2, 0) is 9.59 Å². The zero-order chi connectivity index (χ0) is 16.5. The maximum absolute atomic E-state index is 12.8. The maximum atomic E-state index is 12.8. The molecule has 2 bridgehead atoms. The van der Waals surface area contributed by atoms with Crippen LogP contribution < -0.4 is 0 Å². The maximum Gasteiger partial charge on any atom is 0.225 e. The Hall–Kier alpha value is -1.06. The number of likely N-dealkylation sites (tertiary alicyclic amines) is 2. The van der Waals surface area contributed by atoms with Gasteiger partial charge < -0.3 is 9.80 Å². The Morgan fingerprint density at radius 1 is 0.667 bits per heavy atom. The van der Waals surface area contributed by atoms with Crippen LogP contribution in [0.2, 0.25) is 0 Å². The Morgan fingerprint density at radius 2 is 1.33 bits per heavy atom. The summed E-state index contributed by atoms with van der Waals surface area (Å²) >= 11 is 0. The molecule has 4 aliphatic rings. The predicted molar refractivity (Wildman–Crippen MR) is 93.3 cm³/mol. The lowest BCUT2D eigenvalue weighted by Crippen LogP contribution is -2.46. The molecule has 4 fully saturated rings. The summed E-state index contributed by atoms with van der Waals surface area (Å²) in [5.41, 5.74) is 0. The summed E-state index contributed by atoms with van der Waals surface area (Å²) in [6.45, 7) is 3.50. The molecule has 0 aromatic carbocycles. The molecule has 4 rings (SSSR count). The van der Waals surface area contributed by atoms with E-state index in [2.05, 4.69) is 9.80 Å². The number of carbonyl (C=O) groups is 2. The summed E-state index contributed by atoms with van der Waals surface area (Å²) in [4.78, 5) is 29.8. The third kappa shape index (κ3) is 3.21. The van der Waals surface area contributed by atoms with E-state index in [9.17, 15) is 9.59 Å². The summed E-state index contributed by atoms with van der Waals surface area (Å²) < 4.78 is 0. The van der Waals surface area contributed by atoms with Crippen molar-refractivity contribution < 1.29 is 9.59 Å². The summed E-state index contributed by atoms with van der Waals surface area (Å²) in [7, 11) is 0. The van der Waals surface area contributed by atoms with Crippen molar-refractivity contribution in [2.75, 3.05) is 26.2 Å². The van der Waals surface area contributed by atoms with E-state index in [1.807, 2.05) is 0 Å². The molecule has 3 unspecified atom stereocenters. The Kier molecular flexibility index (Phi) is 4.82. The molecule has 2 aliphatic carbocycles. The Balaban J connectivity index is 1.28. The van der Waals surface area contributed by atoms with Crippen molar-refractivity contribution in [1.82, 2.24) is 9.80 Å². The molecule has 0 spiro atoms. The minimum atomic E-state index is 0.159. The second kappa shape index (κ2) is 7.05. The van der Waals surface area contributed by atoms with Gasteiger partial charge in [-0.25, -0.2) is 0 Å². The molecule has 24 heavy (non-hydrogen) atoms. The molecular formula is C20H32N2O2. The van der Waals surface area contributed by atoms with Gasteiger partial charge in [-0.05, 0) is 56.8 Å². The number of fused-ring (bicyclic) bond motifs is 2. The number of nitrogens with zero attached hydrogens (tertiary/aromatic N) is 2. The SMILES string of the molecule is O=C(C1CCN(C(=O)C2CC3CCC2C3)CC1)N1CCCCCC1. The summed E-state index contributed by atoms with van der Waals surface area (Å²) in [5.74, 6) is 2.73. The monoisotopic (exact) mass is 332 g/mol. The number of rotatable bonds is 2. The van der Waals surface area contributed by atoms with Crippen LogP contribution >= 0.6 is 0 Å². The topological polar surface area (TPSA) is 40.6 Å². The van der Waals surface area contributed by atoms with Crippen LogP contribution in [0, 0.1) is 23.7 Å². The minimum Gasteiger partial charge on any atom is -0.342 e. The van der Waals surface area contributed by atoms with E-state index in [0.717, 1.165) is 64.2 Å². The number of carbonyl (C=O) groups excluding carboxylic acids is 2. The molecule has 2 aliphatic heterocycles. The average Bonchev–Trinajstić information content (AvgIpc) is 3.15. The van der Waals surface area contributed by atoms with Gasteiger partial charge in [0, 0.05) is 38.0 Å². The van der Waals surface area contributed by atoms with Crippen LogP contribution in [-0.4, -0.2) is 47.8 Å². The molecule has 0 aromatic rings. The van der Waals surface area contributed by atoms with Gasteiger partial charge in [0.2, 0.25) is 11.8 Å². The first-order valence-electron chi connectivity index (χ1n) is 10.3. The van der Waals surface area contributed by atoms with E-state index in [1.54, 1.807) is 0 Å². The van der Waals surface area contributed by atoms with Crippen LogP contribution in [0.25, 0.3) is 0 Å². The van der Waals surface area contributed by atoms with Crippen LogP contribution in [0.3, 0.4) is 0 Å². The summed E-state index contributed by atoms with van der Waals surface area (Å²) in [6.07, 6.45) is 11.6. The fourth-order valence-electron chi connectivity index (χ4n) is 5.68. The molecule has 0 N–H and O–H groups in total. The smallest absolute Gasteiger partial charge is 0.225 e. The molecule has 2 amide bonds. The van der Waals surface area contributed by atoms with Crippen LogP contribution in [0.1, 0.15) is 64.2 Å². The highest BCUT2D eigenvalue weighted by atomic mass is 16.2. The molecule has 134 valence electrons. The number of hydrogen-bond donors (Lipinski definition) is 0. The van der Waals surface area contributed by atoms with Crippen LogP contribution in [0.5, 0.6) is 0 Å². The highest BCUT2D eigenvalue weighted by Gasteiger charge is 2.45. The summed E-state index contributed by atoms with van der Waals surface area (Å²) in [5, 5.41) is 0. The third-order valence-electron chi connectivity index (χ3n) is 7.13. The standard InChI is InChI=1S/C20H32N2O2/c23-19(21-9-3-1-2-4-10-21)16-7-11-22(12-8-16)20(24)18-14-15-5-6-17(18)13-15/h15-18H,1-14H2. The minimum absolute atomic E-state index is 0.159. The molecule has 3 atom stereocenters. The van der Waals surface area contributed by atoms with E-state index in [-0.39, 0.29) is 5.92 Å². The first kappa shape index (κ1) is 16.4. The zero-order valence-corrected chi connectivity index (χ0v) is 14.9. The van der Waals surface area contributed by atoms with Gasteiger partial charge in [-0.15, -0.1) is 0 Å². The molecule has 4 nitrogen and oxygen atoms in total. The van der Waals surface area contributed by atoms with Crippen molar-refractivity contribution in [3.63, 3.8) is 0 Å². The molecule has 4 heteroatoms. The predicted octanol–water partition coefficient (Wildman–Crippen LogP) is 3.06. The van der Waals surface area contributed by atoms with Gasteiger partial charge in [0.25, 0.3) is 0 Å². The molecular weight excluding hydrogens is 300 g/mol. The second-order valence-electron chi connectivity index (χ2n) is 8.62. The molecule has 2 saturated carbocycles. The normalized spacial score (nSPS) is 34.4. The quantitative estimate of drug-likeness (QED) is 0.780. The number of hydrogen-bond acceptors (Lipinski definition) is 2. The highest BCUT2D eigenvalue weighted by molar-refractivity contribution is 5.81. The van der Waals surface area contributed by atoms with Crippen molar-refractivity contribution >= 4 is 11.8 Å². The van der Waals surface area contributed by atoms with Gasteiger partial charge in [0.15, 0.2) is 0 Å². The molecule has 0 aromatic heterocycles. The lowest BCUT2D eigenvalue weighted by atomic mass is 9.86. The van der Waals surface area contributed by atoms with Crippen molar-refractivity contribution in [3.05, 3.63) is 0 Å². The van der Waals surface area contributed by atoms with E-state index >= 15 is 0 Å². The fraction of sp³-hybridized carbons (Fsp3) is 0.900. The highest BCUT2D eigenvalue weighted by Crippen LogP contribution is 2.49. The van der Waals surface area contributed by atoms with Gasteiger partial charge in [0.1, 0.15) is 0 Å². The first-order valence-corrected chi connectivity index (χ1v) is 10.3. The lowest BCUT2D eigenvalue weighted by Gasteiger charge is -2.36. The van der Waals surface area contributed by atoms with Crippen LogP contribution in [0.15, 0.2) is 0 Å². The van der Waals surface area contributed by atoms with E-state index < -0.39 is 0 Å². The van der Waals surface area contributed by atoms with Crippen molar-refractivity contribution in [3.8, 4) is 0 Å². The molecule has 2 saturated heterocycles. The van der Waals surface area contributed by atoms with Crippen molar-refractivity contribution in [2.24, 2.45) is 23.7 Å². The Bertz CT molecular complexity index is 476. The Labute approximate surface area is 145 Å². The van der Waals surface area contributed by atoms with Gasteiger partial charge >= 0.3 is 0 Å². The van der Waals surface area contributed by atoms with Gasteiger partial charge in [0.05, 0.1) is 0 Å². The van der Waals surface area contributed by atoms with Crippen molar-refractivity contribution in [2.45, 2.75) is 64.2 Å². The molecule has 0 radical (unpaired) electrons. The number of amides is 2. The fourth-order valence-corrected chi connectivity index (χ4v) is 5.68. The van der Waals surface area contributed by atoms with E-state index in [0.29, 0.717) is 23.7 Å². The van der Waals surface area contributed by atoms with Crippen molar-refractivity contribution in [1.29, 1.82) is 0 Å². The molecule has 2 heterocycles. The van der Waals surface area contributed by atoms with Crippen LogP contribution in [0.4, 0.5) is 0 Å². The number of piperidine rings is 1. The van der Waals surface area contributed by atoms with E-state index in [4.69, 9.17) is 0 Å². The second-order valence-corrected chi connectivity index (χ2v) is 8.62. The van der Waals surface area contributed by atoms with Gasteiger partial charge in [-0.2, -0.15) is 0 Å². The lowest BCUT2D eigenvalue weighted by molar-refractivity contribution is -0.143. The van der Waals surface area contributed by atoms with Gasteiger partial charge in [-0.3, -0.25) is 9.59 Å². The third-order valence-corrected chi connectivity index (χ3v) is 7.13. The first-order chi connectivity index (χ1) is 11.7. The Morgan fingerprint density at radius 3 is 1.92 bits per heavy atom.